The van der Waals surface area contributed by atoms with Gasteiger partial charge in [0.1, 0.15) is 20.4 Å². The lowest BCUT2D eigenvalue weighted by atomic mass is 10.3. The molecule has 0 aliphatic carbocycles. The highest BCUT2D eigenvalue weighted by atomic mass is 32.2. The van der Waals surface area contributed by atoms with Crippen molar-refractivity contribution < 1.29 is 27.7 Å². The molecule has 36 heavy (non-hydrogen) atoms. The van der Waals surface area contributed by atoms with E-state index in [0.717, 1.165) is 38.6 Å². The summed E-state index contributed by atoms with van der Waals surface area (Å²) in [7, 11) is -4.18. The van der Waals surface area contributed by atoms with Gasteiger partial charge in [0.15, 0.2) is 0 Å². The quantitative estimate of drug-likeness (QED) is 0.357. The van der Waals surface area contributed by atoms with Crippen molar-refractivity contribution in [1.29, 1.82) is 0 Å². The van der Waals surface area contributed by atoms with Gasteiger partial charge in [-0.15, -0.1) is 11.3 Å². The normalized spacial score (nSPS) is 19.1. The van der Waals surface area contributed by atoms with Crippen molar-refractivity contribution in [2.75, 3.05) is 23.7 Å². The third-order valence-corrected chi connectivity index (χ3v) is 9.69. The van der Waals surface area contributed by atoms with Crippen molar-refractivity contribution in [1.82, 2.24) is 9.47 Å². The Hall–Kier alpha value is -2.43. The van der Waals surface area contributed by atoms with E-state index in [-0.39, 0.29) is 21.3 Å². The van der Waals surface area contributed by atoms with Gasteiger partial charge in [-0.1, -0.05) is 47.9 Å². The molecule has 1 aromatic carbocycles. The number of fused-ring (bicyclic) bond motifs is 1. The lowest BCUT2D eigenvalue weighted by Gasteiger charge is -2.19. The predicted octanol–water partition coefficient (Wildman–Crippen LogP) is 1.10. The summed E-state index contributed by atoms with van der Waals surface area (Å²) in [6.45, 7) is 1.52. The molecule has 1 fully saturated rings. The molecule has 2 aliphatic heterocycles. The van der Waals surface area contributed by atoms with Gasteiger partial charge in [-0.3, -0.25) is 28.4 Å². The first-order valence-electron chi connectivity index (χ1n) is 10.4. The number of hydrogen-bond acceptors (Lipinski definition) is 10. The van der Waals surface area contributed by atoms with Crippen molar-refractivity contribution >= 4 is 90.1 Å². The Kier molecular flexibility index (Phi) is 7.78. The summed E-state index contributed by atoms with van der Waals surface area (Å²) >= 11 is 8.63. The van der Waals surface area contributed by atoms with E-state index in [9.17, 15) is 27.4 Å². The van der Waals surface area contributed by atoms with E-state index in [2.05, 4.69) is 0 Å². The molecule has 190 valence electrons. The predicted molar refractivity (Wildman–Crippen MR) is 145 cm³/mol. The van der Waals surface area contributed by atoms with Crippen LogP contribution in [0.25, 0.3) is 11.0 Å². The maximum absolute atomic E-state index is 13.1. The molecule has 0 bridgehead atoms. The standard InChI is InChI=1S/C21H19N3O7S5/c1-2-22-18(27)14(34-20(22)17-19(28)24(11-16(25)26)21(32)35-17)7-8-15-23(9-10-36(29,30)31)12-5-3-4-6-13(12)33-15/h3-8H,2,9-11H2,1H3,(H,25,26)(H,29,30,31). The zero-order valence-corrected chi connectivity index (χ0v) is 22.7. The Labute approximate surface area is 223 Å². The van der Waals surface area contributed by atoms with Gasteiger partial charge >= 0.3 is 5.97 Å². The molecule has 0 spiro atoms. The van der Waals surface area contributed by atoms with Gasteiger partial charge < -0.3 is 10.0 Å². The van der Waals surface area contributed by atoms with Crippen molar-refractivity contribution in [3.05, 3.63) is 54.9 Å². The Morgan fingerprint density at radius 1 is 1.14 bits per heavy atom. The van der Waals surface area contributed by atoms with Gasteiger partial charge in [-0.05, 0) is 31.2 Å². The van der Waals surface area contributed by atoms with Crippen molar-refractivity contribution in [3.63, 3.8) is 0 Å². The highest BCUT2D eigenvalue weighted by molar-refractivity contribution is 8.30. The fourth-order valence-electron chi connectivity index (χ4n) is 3.55. The number of aromatic nitrogens is 1. The summed E-state index contributed by atoms with van der Waals surface area (Å²) < 4.78 is 34.2. The molecule has 0 saturated carbocycles. The molecule has 1 aromatic heterocycles. The lowest BCUT2D eigenvalue weighted by molar-refractivity contribution is -0.140. The van der Waals surface area contributed by atoms with E-state index >= 15 is 0 Å². The zero-order valence-electron chi connectivity index (χ0n) is 18.6. The Morgan fingerprint density at radius 3 is 2.53 bits per heavy atom. The molecule has 10 nitrogen and oxygen atoms in total. The molecule has 0 unspecified atom stereocenters. The molecule has 2 N–H and O–H groups in total. The summed E-state index contributed by atoms with van der Waals surface area (Å²) in [5.41, 5.74) is 0.474. The molecule has 3 heterocycles. The number of carbonyl (C=O) groups excluding carboxylic acids is 1. The number of aliphatic carboxylic acids is 1. The smallest absolute Gasteiger partial charge is 0.323 e. The summed E-state index contributed by atoms with van der Waals surface area (Å²) in [4.78, 5) is 40.9. The SMILES string of the molecule is CCn1c(=C2SC(=S)N(CC(=O)O)C2=O)sc(=CC=C2Sc3ccccc3N2CCS(=O)(=O)O)c1=O. The monoisotopic (exact) mass is 585 g/mol. The summed E-state index contributed by atoms with van der Waals surface area (Å²) in [6, 6.07) is 7.41. The number of carbonyl (C=O) groups is 2. The first-order chi connectivity index (χ1) is 17.0. The van der Waals surface area contributed by atoms with Crippen LogP contribution < -0.4 is 19.7 Å². The largest absolute Gasteiger partial charge is 0.480 e. The summed E-state index contributed by atoms with van der Waals surface area (Å²) in [5.74, 6) is -2.21. The van der Waals surface area contributed by atoms with Gasteiger partial charge in [0.2, 0.25) is 0 Å². The molecule has 15 heteroatoms. The average molecular weight is 586 g/mol. The second kappa shape index (κ2) is 10.5. The maximum Gasteiger partial charge on any atom is 0.323 e. The van der Waals surface area contributed by atoms with E-state index in [1.165, 1.54) is 16.3 Å². The third-order valence-electron chi connectivity index (χ3n) is 5.15. The number of anilines is 1. The number of carboxylic acid groups (broad SMARTS) is 1. The lowest BCUT2D eigenvalue weighted by Crippen LogP contribution is -2.35. The van der Waals surface area contributed by atoms with Gasteiger partial charge in [-0.2, -0.15) is 8.42 Å². The number of thioether (sulfide) groups is 2. The number of thiocarbonyl (C=S) groups is 1. The van der Waals surface area contributed by atoms with Crippen LogP contribution in [-0.4, -0.2) is 62.6 Å². The molecule has 1 amide bonds. The van der Waals surface area contributed by atoms with E-state index < -0.39 is 34.3 Å². The maximum atomic E-state index is 13.1. The minimum Gasteiger partial charge on any atom is -0.480 e. The molecule has 2 aliphatic rings. The van der Waals surface area contributed by atoms with Crippen molar-refractivity contribution in [2.24, 2.45) is 0 Å². The van der Waals surface area contributed by atoms with Gasteiger partial charge in [0, 0.05) is 18.0 Å². The van der Waals surface area contributed by atoms with Crippen LogP contribution in [0.1, 0.15) is 6.92 Å². The average Bonchev–Trinajstić information content (AvgIpc) is 3.42. The van der Waals surface area contributed by atoms with Crippen LogP contribution in [-0.2, 0) is 26.3 Å². The number of benzene rings is 1. The van der Waals surface area contributed by atoms with Crippen molar-refractivity contribution in [2.45, 2.75) is 18.4 Å². The summed E-state index contributed by atoms with van der Waals surface area (Å²) in [5, 5.41) is 9.74. The number of hydrogen-bond donors (Lipinski definition) is 2. The number of para-hydroxylation sites is 1. The number of carboxylic acids is 1. The second-order valence-corrected chi connectivity index (χ2v) is 12.8. The molecule has 0 radical (unpaired) electrons. The van der Waals surface area contributed by atoms with E-state index in [1.807, 2.05) is 24.3 Å². The number of nitrogens with zero attached hydrogens (tertiary/aromatic N) is 3. The Bertz CT molecular complexity index is 1590. The molecule has 4 rings (SSSR count). The third kappa shape index (κ3) is 5.45. The number of thiazole rings is 1. The van der Waals surface area contributed by atoms with Gasteiger partial charge in [-0.25, -0.2) is 0 Å². The topological polar surface area (TPSA) is 137 Å². The Morgan fingerprint density at radius 2 is 1.86 bits per heavy atom. The molecular weight excluding hydrogens is 567 g/mol. The molecule has 1 saturated heterocycles. The van der Waals surface area contributed by atoms with Gasteiger partial charge in [0.25, 0.3) is 21.6 Å². The van der Waals surface area contributed by atoms with Crippen LogP contribution >= 0.6 is 47.1 Å². The molecule has 2 aromatic rings. The van der Waals surface area contributed by atoms with E-state index in [0.29, 0.717) is 20.8 Å². The first-order valence-corrected chi connectivity index (χ1v) is 14.9. The van der Waals surface area contributed by atoms with Gasteiger partial charge in [0.05, 0.1) is 21.0 Å². The zero-order chi connectivity index (χ0) is 26.2. The second-order valence-electron chi connectivity index (χ2n) is 7.48. The summed E-state index contributed by atoms with van der Waals surface area (Å²) in [6.07, 6.45) is 3.30. The molecular formula is C21H19N3O7S5. The fourth-order valence-corrected chi connectivity index (χ4v) is 7.57. The van der Waals surface area contributed by atoms with Crippen LogP contribution in [0.15, 0.2) is 45.1 Å². The van der Waals surface area contributed by atoms with Crippen LogP contribution in [0.2, 0.25) is 0 Å². The highest BCUT2D eigenvalue weighted by Crippen LogP contribution is 2.45. The van der Waals surface area contributed by atoms with Crippen LogP contribution in [0, 0.1) is 0 Å². The van der Waals surface area contributed by atoms with Crippen molar-refractivity contribution in [3.8, 4) is 0 Å². The number of rotatable bonds is 7. The van der Waals surface area contributed by atoms with Crippen LogP contribution in [0.5, 0.6) is 0 Å². The Balaban J connectivity index is 1.77. The highest BCUT2D eigenvalue weighted by Gasteiger charge is 2.35. The number of amides is 1. The van der Waals surface area contributed by atoms with Crippen LogP contribution in [0.4, 0.5) is 5.69 Å². The minimum atomic E-state index is -4.18. The minimum absolute atomic E-state index is 0.0251. The number of allylic oxidation sites excluding steroid dienone is 1. The molecule has 0 atom stereocenters. The van der Waals surface area contributed by atoms with E-state index in [4.69, 9.17) is 17.3 Å². The van der Waals surface area contributed by atoms with E-state index in [1.54, 1.807) is 24.0 Å². The first kappa shape index (κ1) is 26.6. The fraction of sp³-hybridized carbons (Fsp3) is 0.238. The van der Waals surface area contributed by atoms with Crippen LogP contribution in [0.3, 0.4) is 0 Å².